The van der Waals surface area contributed by atoms with Crippen LogP contribution >= 0.6 is 0 Å². The number of aromatic nitrogens is 1. The predicted molar refractivity (Wildman–Crippen MR) is 62.1 cm³/mol. The third-order valence-corrected chi connectivity index (χ3v) is 2.86. The van der Waals surface area contributed by atoms with Crippen LogP contribution in [0.1, 0.15) is 28.9 Å². The number of nitrogens with two attached hydrogens (primary N) is 1. The van der Waals surface area contributed by atoms with E-state index in [0.29, 0.717) is 24.7 Å². The molecule has 1 heterocycles. The second-order valence-corrected chi connectivity index (χ2v) is 4.15. The summed E-state index contributed by atoms with van der Waals surface area (Å²) in [6.07, 6.45) is 3.91. The molecule has 0 spiro atoms. The van der Waals surface area contributed by atoms with E-state index in [-0.39, 0.29) is 5.91 Å². The average Bonchev–Trinajstić information content (AvgIpc) is 3.09. The zero-order valence-electron chi connectivity index (χ0n) is 9.52. The summed E-state index contributed by atoms with van der Waals surface area (Å²) in [5, 5.41) is 0. The van der Waals surface area contributed by atoms with Gasteiger partial charge in [0, 0.05) is 31.0 Å². The van der Waals surface area contributed by atoms with E-state index in [1.165, 1.54) is 0 Å². The van der Waals surface area contributed by atoms with E-state index in [4.69, 9.17) is 5.73 Å². The van der Waals surface area contributed by atoms with Gasteiger partial charge in [-0.1, -0.05) is 0 Å². The molecule has 16 heavy (non-hydrogen) atoms. The monoisotopic (exact) mass is 219 g/mol. The van der Waals surface area contributed by atoms with E-state index in [1.807, 2.05) is 17.9 Å². The van der Waals surface area contributed by atoms with Gasteiger partial charge in [-0.3, -0.25) is 9.78 Å². The number of nitrogens with zero attached hydrogens (tertiary/aromatic N) is 2. The molecule has 1 fully saturated rings. The first-order valence-corrected chi connectivity index (χ1v) is 5.66. The van der Waals surface area contributed by atoms with Crippen molar-refractivity contribution >= 4 is 5.91 Å². The highest BCUT2D eigenvalue weighted by atomic mass is 16.2. The molecule has 1 aliphatic carbocycles. The minimum atomic E-state index is 0.0681. The normalized spacial score (nSPS) is 14.9. The fourth-order valence-electron chi connectivity index (χ4n) is 1.84. The van der Waals surface area contributed by atoms with Crippen LogP contribution < -0.4 is 5.73 Å². The second kappa shape index (κ2) is 4.61. The highest BCUT2D eigenvalue weighted by Gasteiger charge is 2.32. The van der Waals surface area contributed by atoms with Crippen LogP contribution in [-0.4, -0.2) is 34.9 Å². The maximum atomic E-state index is 12.3. The van der Waals surface area contributed by atoms with Gasteiger partial charge in [0.2, 0.25) is 0 Å². The third-order valence-electron chi connectivity index (χ3n) is 2.86. The van der Waals surface area contributed by atoms with E-state index in [1.54, 1.807) is 12.3 Å². The van der Waals surface area contributed by atoms with Gasteiger partial charge < -0.3 is 10.6 Å². The lowest BCUT2D eigenvalue weighted by molar-refractivity contribution is 0.0747. The summed E-state index contributed by atoms with van der Waals surface area (Å²) in [6.45, 7) is 3.01. The molecule has 4 heteroatoms. The first kappa shape index (κ1) is 11.1. The van der Waals surface area contributed by atoms with Crippen molar-refractivity contribution in [2.75, 3.05) is 13.1 Å². The van der Waals surface area contributed by atoms with Crippen LogP contribution in [0.5, 0.6) is 0 Å². The first-order valence-electron chi connectivity index (χ1n) is 5.66. The zero-order chi connectivity index (χ0) is 11.5. The Kier molecular flexibility index (Phi) is 3.19. The fourth-order valence-corrected chi connectivity index (χ4v) is 1.84. The summed E-state index contributed by atoms with van der Waals surface area (Å²) in [5.41, 5.74) is 7.02. The average molecular weight is 219 g/mol. The van der Waals surface area contributed by atoms with Crippen molar-refractivity contribution in [3.63, 3.8) is 0 Å². The van der Waals surface area contributed by atoms with E-state index in [0.717, 1.165) is 18.5 Å². The molecule has 4 nitrogen and oxygen atoms in total. The Morgan fingerprint density at radius 1 is 1.62 bits per heavy atom. The number of aryl methyl sites for hydroxylation is 1. The Labute approximate surface area is 95.5 Å². The van der Waals surface area contributed by atoms with Crippen molar-refractivity contribution < 1.29 is 4.79 Å². The smallest absolute Gasteiger partial charge is 0.255 e. The largest absolute Gasteiger partial charge is 0.334 e. The SMILES string of the molecule is Cc1ncccc1C(=O)N(CCN)C1CC1. The lowest BCUT2D eigenvalue weighted by atomic mass is 10.2. The summed E-state index contributed by atoms with van der Waals surface area (Å²) in [6, 6.07) is 4.03. The Morgan fingerprint density at radius 3 is 2.94 bits per heavy atom. The Bertz CT molecular complexity index is 388. The van der Waals surface area contributed by atoms with Crippen LogP contribution in [0.4, 0.5) is 0 Å². The molecular weight excluding hydrogens is 202 g/mol. The molecule has 0 aromatic carbocycles. The Morgan fingerprint density at radius 2 is 2.38 bits per heavy atom. The number of hydrogen-bond acceptors (Lipinski definition) is 3. The van der Waals surface area contributed by atoms with E-state index < -0.39 is 0 Å². The summed E-state index contributed by atoms with van der Waals surface area (Å²) in [4.78, 5) is 18.3. The molecule has 1 aromatic rings. The highest BCUT2D eigenvalue weighted by Crippen LogP contribution is 2.28. The minimum absolute atomic E-state index is 0.0681. The van der Waals surface area contributed by atoms with E-state index in [2.05, 4.69) is 4.98 Å². The van der Waals surface area contributed by atoms with Gasteiger partial charge in [-0.05, 0) is 31.9 Å². The van der Waals surface area contributed by atoms with Crippen molar-refractivity contribution in [2.45, 2.75) is 25.8 Å². The topological polar surface area (TPSA) is 59.2 Å². The summed E-state index contributed by atoms with van der Waals surface area (Å²) in [5.74, 6) is 0.0681. The van der Waals surface area contributed by atoms with Crippen molar-refractivity contribution in [3.05, 3.63) is 29.6 Å². The Balaban J connectivity index is 2.19. The van der Waals surface area contributed by atoms with Crippen LogP contribution in [0.25, 0.3) is 0 Å². The number of hydrogen-bond donors (Lipinski definition) is 1. The van der Waals surface area contributed by atoms with Gasteiger partial charge in [0.25, 0.3) is 5.91 Å². The van der Waals surface area contributed by atoms with Crippen molar-refractivity contribution in [3.8, 4) is 0 Å². The van der Waals surface area contributed by atoms with Gasteiger partial charge in [0.05, 0.1) is 5.56 Å². The lowest BCUT2D eigenvalue weighted by Crippen LogP contribution is -2.37. The van der Waals surface area contributed by atoms with Crippen LogP contribution in [0.15, 0.2) is 18.3 Å². The van der Waals surface area contributed by atoms with E-state index in [9.17, 15) is 4.79 Å². The predicted octanol–water partition coefficient (Wildman–Crippen LogP) is 0.953. The van der Waals surface area contributed by atoms with Crippen molar-refractivity contribution in [1.82, 2.24) is 9.88 Å². The molecule has 1 aliphatic rings. The molecule has 0 saturated heterocycles. The molecule has 0 bridgehead atoms. The quantitative estimate of drug-likeness (QED) is 0.820. The molecule has 2 N–H and O–H groups in total. The summed E-state index contributed by atoms with van der Waals surface area (Å²) < 4.78 is 0. The maximum Gasteiger partial charge on any atom is 0.255 e. The van der Waals surface area contributed by atoms with E-state index >= 15 is 0 Å². The fraction of sp³-hybridized carbons (Fsp3) is 0.500. The molecule has 1 aromatic heterocycles. The van der Waals surface area contributed by atoms with Crippen LogP contribution in [-0.2, 0) is 0 Å². The number of carbonyl (C=O) groups excluding carboxylic acids is 1. The first-order chi connectivity index (χ1) is 7.74. The highest BCUT2D eigenvalue weighted by molar-refractivity contribution is 5.95. The second-order valence-electron chi connectivity index (χ2n) is 4.15. The Hall–Kier alpha value is -1.42. The van der Waals surface area contributed by atoms with Gasteiger partial charge in [0.1, 0.15) is 0 Å². The molecule has 0 unspecified atom stereocenters. The van der Waals surface area contributed by atoms with Gasteiger partial charge in [-0.15, -0.1) is 0 Å². The number of carbonyl (C=O) groups is 1. The molecule has 1 amide bonds. The molecule has 0 atom stereocenters. The van der Waals surface area contributed by atoms with Crippen LogP contribution in [0, 0.1) is 6.92 Å². The molecule has 86 valence electrons. The zero-order valence-corrected chi connectivity index (χ0v) is 9.52. The van der Waals surface area contributed by atoms with Crippen molar-refractivity contribution in [2.24, 2.45) is 5.73 Å². The molecule has 1 saturated carbocycles. The number of amides is 1. The van der Waals surface area contributed by atoms with Crippen LogP contribution in [0.3, 0.4) is 0 Å². The van der Waals surface area contributed by atoms with Gasteiger partial charge in [0.15, 0.2) is 0 Å². The summed E-state index contributed by atoms with van der Waals surface area (Å²) in [7, 11) is 0. The third kappa shape index (κ3) is 2.22. The molecule has 0 radical (unpaired) electrons. The molecule has 2 rings (SSSR count). The number of rotatable bonds is 4. The molecule has 0 aliphatic heterocycles. The van der Waals surface area contributed by atoms with Gasteiger partial charge in [-0.25, -0.2) is 0 Å². The van der Waals surface area contributed by atoms with Crippen molar-refractivity contribution in [1.29, 1.82) is 0 Å². The van der Waals surface area contributed by atoms with Crippen LogP contribution in [0.2, 0.25) is 0 Å². The standard InChI is InChI=1S/C12H17N3O/c1-9-11(3-2-7-14-9)12(16)15(8-6-13)10-4-5-10/h2-3,7,10H,4-6,8,13H2,1H3. The van der Waals surface area contributed by atoms with Gasteiger partial charge in [-0.2, -0.15) is 0 Å². The number of pyridine rings is 1. The van der Waals surface area contributed by atoms with Gasteiger partial charge >= 0.3 is 0 Å². The minimum Gasteiger partial charge on any atom is -0.334 e. The maximum absolute atomic E-state index is 12.3. The molecular formula is C12H17N3O. The lowest BCUT2D eigenvalue weighted by Gasteiger charge is -2.22. The summed E-state index contributed by atoms with van der Waals surface area (Å²) >= 11 is 0.